The molecule has 1 nitrogen and oxygen atoms in total. The second-order valence-corrected chi connectivity index (χ2v) is 8.52. The first kappa shape index (κ1) is 20.4. The quantitative estimate of drug-likeness (QED) is 0.476. The minimum atomic E-state index is -2.48. The summed E-state index contributed by atoms with van der Waals surface area (Å²) in [5.74, 6) is 0.580. The maximum atomic E-state index is 12.7. The number of hydrogen-bond acceptors (Lipinski definition) is 1. The first-order chi connectivity index (χ1) is 10.4. The van der Waals surface area contributed by atoms with Crippen LogP contribution in [0.5, 0.6) is 5.75 Å². The van der Waals surface area contributed by atoms with Crippen molar-refractivity contribution < 1.29 is 13.5 Å². The van der Waals surface area contributed by atoms with Gasteiger partial charge in [-0.3, -0.25) is 0 Å². The third-order valence-corrected chi connectivity index (χ3v) is 4.64. The molecular weight excluding hydrogens is 409 g/mol. The van der Waals surface area contributed by atoms with E-state index < -0.39 is 13.0 Å². The lowest BCUT2D eigenvalue weighted by atomic mass is 9.78. The molecule has 0 aliphatic carbocycles. The van der Waals surface area contributed by atoms with Gasteiger partial charge in [0, 0.05) is 11.1 Å². The summed E-state index contributed by atoms with van der Waals surface area (Å²) in [5.41, 5.74) is 3.85. The van der Waals surface area contributed by atoms with Crippen LogP contribution in [0.2, 0.25) is 0 Å². The molecule has 4 heteroatoms. The minimum absolute atomic E-state index is 0.0262. The Hall–Kier alpha value is -0.650. The first-order valence-corrected chi connectivity index (χ1v) is 8.99. The molecule has 0 fully saturated rings. The predicted molar refractivity (Wildman–Crippen MR) is 103 cm³/mol. The standard InChI is InChI=1S/C19H27F2IO/c1-12(10-22)14-8-13(18(2,3)4)9-15(19(5,6)7)17(14)23-11-16(20)21/h8-10,16H,11H2,1-7H3/b12-10+. The number of ether oxygens (including phenoxy) is 1. The van der Waals surface area contributed by atoms with E-state index >= 15 is 0 Å². The lowest BCUT2D eigenvalue weighted by molar-refractivity contribution is 0.0807. The highest BCUT2D eigenvalue weighted by Gasteiger charge is 2.27. The lowest BCUT2D eigenvalue weighted by Gasteiger charge is -2.29. The van der Waals surface area contributed by atoms with Crippen LogP contribution < -0.4 is 4.74 Å². The zero-order chi connectivity index (χ0) is 18.0. The zero-order valence-electron chi connectivity index (χ0n) is 15.1. The Labute approximate surface area is 152 Å². The topological polar surface area (TPSA) is 9.23 Å². The van der Waals surface area contributed by atoms with Crippen LogP contribution in [0, 0.1) is 0 Å². The molecule has 0 saturated carbocycles. The van der Waals surface area contributed by atoms with Crippen molar-refractivity contribution in [1.29, 1.82) is 0 Å². The van der Waals surface area contributed by atoms with E-state index in [-0.39, 0.29) is 10.8 Å². The Balaban J connectivity index is 3.67. The van der Waals surface area contributed by atoms with Crippen molar-refractivity contribution in [2.75, 3.05) is 6.61 Å². The highest BCUT2D eigenvalue weighted by molar-refractivity contribution is 14.1. The van der Waals surface area contributed by atoms with Gasteiger partial charge in [-0.15, -0.1) is 0 Å². The van der Waals surface area contributed by atoms with Gasteiger partial charge in [0.2, 0.25) is 0 Å². The van der Waals surface area contributed by atoms with E-state index in [1.54, 1.807) is 0 Å². The Morgan fingerprint density at radius 3 is 2.09 bits per heavy atom. The van der Waals surface area contributed by atoms with Crippen LogP contribution in [-0.4, -0.2) is 13.0 Å². The van der Waals surface area contributed by atoms with Crippen LogP contribution in [0.3, 0.4) is 0 Å². The molecule has 130 valence electrons. The predicted octanol–water partition coefficient (Wildman–Crippen LogP) is 6.72. The molecule has 0 atom stereocenters. The minimum Gasteiger partial charge on any atom is -0.487 e. The molecule has 1 aromatic rings. The first-order valence-electron chi connectivity index (χ1n) is 7.75. The zero-order valence-corrected chi connectivity index (χ0v) is 17.2. The van der Waals surface area contributed by atoms with Crippen molar-refractivity contribution in [2.45, 2.75) is 65.7 Å². The maximum Gasteiger partial charge on any atom is 0.272 e. The van der Waals surface area contributed by atoms with E-state index in [9.17, 15) is 8.78 Å². The molecule has 0 saturated heterocycles. The molecule has 0 heterocycles. The van der Waals surface area contributed by atoms with E-state index in [1.807, 2.05) is 11.0 Å². The molecule has 23 heavy (non-hydrogen) atoms. The summed E-state index contributed by atoms with van der Waals surface area (Å²) in [6.07, 6.45) is -2.48. The largest absolute Gasteiger partial charge is 0.487 e. The summed E-state index contributed by atoms with van der Waals surface area (Å²) < 4.78 is 32.9. The SMILES string of the molecule is C/C(=C\I)c1cc(C(C)(C)C)cc(C(C)(C)C)c1OCC(F)F. The maximum absolute atomic E-state index is 12.7. The van der Waals surface area contributed by atoms with Gasteiger partial charge in [0.25, 0.3) is 6.43 Å². The van der Waals surface area contributed by atoms with E-state index in [1.165, 1.54) is 5.56 Å². The van der Waals surface area contributed by atoms with Crippen molar-refractivity contribution in [3.8, 4) is 5.75 Å². The fourth-order valence-electron chi connectivity index (χ4n) is 2.27. The highest BCUT2D eigenvalue weighted by Crippen LogP contribution is 2.41. The normalized spacial score (nSPS) is 13.6. The highest BCUT2D eigenvalue weighted by atomic mass is 127. The van der Waals surface area contributed by atoms with Crippen molar-refractivity contribution in [3.63, 3.8) is 0 Å². The number of rotatable bonds is 4. The van der Waals surface area contributed by atoms with Gasteiger partial charge in [0.15, 0.2) is 0 Å². The van der Waals surface area contributed by atoms with Gasteiger partial charge in [-0.2, -0.15) is 0 Å². The number of allylic oxidation sites excluding steroid dienone is 1. The third-order valence-electron chi connectivity index (χ3n) is 3.71. The molecule has 0 N–H and O–H groups in total. The molecule has 0 spiro atoms. The van der Waals surface area contributed by atoms with Gasteiger partial charge < -0.3 is 4.74 Å². The van der Waals surface area contributed by atoms with Gasteiger partial charge in [-0.05, 0) is 39.0 Å². The lowest BCUT2D eigenvalue weighted by Crippen LogP contribution is -2.20. The number of halogens is 3. The second kappa shape index (κ2) is 7.49. The van der Waals surface area contributed by atoms with Crippen LogP contribution >= 0.6 is 22.6 Å². The van der Waals surface area contributed by atoms with E-state index in [0.717, 1.165) is 16.7 Å². The Morgan fingerprint density at radius 2 is 1.70 bits per heavy atom. The van der Waals surface area contributed by atoms with E-state index in [4.69, 9.17) is 4.74 Å². The summed E-state index contributed by atoms with van der Waals surface area (Å²) in [7, 11) is 0. The third kappa shape index (κ3) is 5.44. The van der Waals surface area contributed by atoms with Gasteiger partial charge in [0.1, 0.15) is 12.4 Å². The molecule has 1 aromatic carbocycles. The van der Waals surface area contributed by atoms with Gasteiger partial charge >= 0.3 is 0 Å². The fraction of sp³-hybridized carbons (Fsp3) is 0.579. The Morgan fingerprint density at radius 1 is 1.13 bits per heavy atom. The molecule has 0 aliphatic heterocycles. The van der Waals surface area contributed by atoms with Crippen molar-refractivity contribution in [3.05, 3.63) is 32.9 Å². The van der Waals surface area contributed by atoms with Crippen molar-refractivity contribution in [1.82, 2.24) is 0 Å². The fourth-order valence-corrected chi connectivity index (χ4v) is 2.61. The van der Waals surface area contributed by atoms with E-state index in [0.29, 0.717) is 5.75 Å². The molecule has 0 unspecified atom stereocenters. The monoisotopic (exact) mass is 436 g/mol. The Bertz CT molecular complexity index is 578. The summed E-state index contributed by atoms with van der Waals surface area (Å²) in [4.78, 5) is 0. The van der Waals surface area contributed by atoms with Crippen molar-refractivity contribution >= 4 is 28.2 Å². The van der Waals surface area contributed by atoms with Crippen LogP contribution in [0.4, 0.5) is 8.78 Å². The van der Waals surface area contributed by atoms with Gasteiger partial charge in [-0.25, -0.2) is 8.78 Å². The Kier molecular flexibility index (Phi) is 6.64. The molecular formula is C19H27F2IO. The molecule has 0 amide bonds. The molecule has 0 aliphatic rings. The average molecular weight is 436 g/mol. The van der Waals surface area contributed by atoms with Crippen LogP contribution in [-0.2, 0) is 10.8 Å². The number of hydrogen-bond donors (Lipinski definition) is 0. The molecule has 0 radical (unpaired) electrons. The smallest absolute Gasteiger partial charge is 0.272 e. The summed E-state index contributed by atoms with van der Waals surface area (Å²) >= 11 is 2.17. The molecule has 0 aromatic heterocycles. The van der Waals surface area contributed by atoms with Gasteiger partial charge in [-0.1, -0.05) is 70.2 Å². The van der Waals surface area contributed by atoms with Crippen LogP contribution in [0.1, 0.15) is 65.2 Å². The van der Waals surface area contributed by atoms with Crippen LogP contribution in [0.25, 0.3) is 5.57 Å². The van der Waals surface area contributed by atoms with Crippen molar-refractivity contribution in [2.24, 2.45) is 0 Å². The summed E-state index contributed by atoms with van der Waals surface area (Å²) in [6, 6.07) is 4.17. The van der Waals surface area contributed by atoms with Crippen LogP contribution in [0.15, 0.2) is 16.2 Å². The summed E-state index contributed by atoms with van der Waals surface area (Å²) in [6.45, 7) is 14.1. The molecule has 0 bridgehead atoms. The average Bonchev–Trinajstić information content (AvgIpc) is 2.41. The van der Waals surface area contributed by atoms with Gasteiger partial charge in [0.05, 0.1) is 0 Å². The second-order valence-electron chi connectivity index (χ2n) is 7.89. The molecule has 1 rings (SSSR count). The van der Waals surface area contributed by atoms with E-state index in [2.05, 4.69) is 76.3 Å². The number of alkyl halides is 2. The summed E-state index contributed by atoms with van der Waals surface area (Å²) in [5, 5.41) is 0. The number of benzene rings is 1.